The Morgan fingerprint density at radius 1 is 1.09 bits per heavy atom. The van der Waals surface area contributed by atoms with Gasteiger partial charge in [-0.05, 0) is 41.2 Å². The largest absolute Gasteiger partial charge is 0.507 e. The molecule has 0 radical (unpaired) electrons. The van der Waals surface area contributed by atoms with Crippen LogP contribution in [0.4, 0.5) is 0 Å². The van der Waals surface area contributed by atoms with Gasteiger partial charge in [-0.25, -0.2) is 0 Å². The molecule has 1 saturated heterocycles. The minimum absolute atomic E-state index is 0.0364. The fourth-order valence-corrected chi connectivity index (χ4v) is 4.20. The maximum atomic E-state index is 13.1. The quantitative estimate of drug-likeness (QED) is 0.307. The molecule has 0 bridgehead atoms. The lowest BCUT2D eigenvalue weighted by Gasteiger charge is -2.26. The van der Waals surface area contributed by atoms with Crippen molar-refractivity contribution in [2.24, 2.45) is 0 Å². The van der Waals surface area contributed by atoms with E-state index in [0.717, 1.165) is 11.1 Å². The first-order chi connectivity index (χ1) is 15.7. The summed E-state index contributed by atoms with van der Waals surface area (Å²) in [5, 5.41) is 11.2. The molecule has 174 valence electrons. The monoisotopic (exact) mass is 451 g/mol. The number of aliphatic hydroxyl groups is 1. The van der Waals surface area contributed by atoms with Crippen molar-refractivity contribution in [3.05, 3.63) is 64.7 Å². The Morgan fingerprint density at radius 2 is 1.79 bits per heavy atom. The van der Waals surface area contributed by atoms with Crippen LogP contribution in [0.1, 0.15) is 49.9 Å². The van der Waals surface area contributed by atoms with Gasteiger partial charge in [0.05, 0.1) is 11.6 Å². The molecule has 1 unspecified atom stereocenters. The van der Waals surface area contributed by atoms with E-state index in [-0.39, 0.29) is 23.5 Å². The standard InChI is InChI=1S/C26H29NO6/c1-26(2,3)18-9-6-16(7-10-18)22-21(24(29)25(30)27(22)12-5-13-31-4)23(28)17-8-11-19-20(14-17)33-15-32-19/h6-11,14,22,28H,5,12-13,15H2,1-4H3/b23-21-. The lowest BCUT2D eigenvalue weighted by Crippen LogP contribution is -2.31. The number of carbonyl (C=O) groups excluding carboxylic acids is 2. The third kappa shape index (κ3) is 4.33. The second kappa shape index (κ2) is 8.90. The van der Waals surface area contributed by atoms with Crippen LogP contribution < -0.4 is 9.47 Å². The summed E-state index contributed by atoms with van der Waals surface area (Å²) in [6.07, 6.45) is 0.574. The maximum absolute atomic E-state index is 13.1. The van der Waals surface area contributed by atoms with E-state index < -0.39 is 17.7 Å². The Bertz CT molecular complexity index is 1100. The fourth-order valence-electron chi connectivity index (χ4n) is 4.20. The molecule has 0 spiro atoms. The molecule has 1 fully saturated rings. The van der Waals surface area contributed by atoms with Gasteiger partial charge in [0.1, 0.15) is 5.76 Å². The molecular weight excluding hydrogens is 422 g/mol. The van der Waals surface area contributed by atoms with Gasteiger partial charge in [0, 0.05) is 25.8 Å². The van der Waals surface area contributed by atoms with Gasteiger partial charge in [0.25, 0.3) is 11.7 Å². The summed E-state index contributed by atoms with van der Waals surface area (Å²) in [5.74, 6) is -0.503. The van der Waals surface area contributed by atoms with Gasteiger partial charge in [-0.1, -0.05) is 45.0 Å². The van der Waals surface area contributed by atoms with Crippen LogP contribution in [0.3, 0.4) is 0 Å². The predicted octanol–water partition coefficient (Wildman–Crippen LogP) is 4.17. The Labute approximate surface area is 193 Å². The van der Waals surface area contributed by atoms with E-state index in [1.807, 2.05) is 24.3 Å². The molecule has 0 aromatic heterocycles. The molecule has 2 aromatic carbocycles. The molecule has 33 heavy (non-hydrogen) atoms. The number of fused-ring (bicyclic) bond motifs is 1. The lowest BCUT2D eigenvalue weighted by molar-refractivity contribution is -0.140. The summed E-state index contributed by atoms with van der Waals surface area (Å²) in [6.45, 7) is 7.27. The van der Waals surface area contributed by atoms with E-state index in [9.17, 15) is 14.7 Å². The van der Waals surface area contributed by atoms with Crippen LogP contribution in [0, 0.1) is 0 Å². The van der Waals surface area contributed by atoms with E-state index in [0.29, 0.717) is 36.6 Å². The molecule has 2 aliphatic heterocycles. The minimum Gasteiger partial charge on any atom is -0.507 e. The van der Waals surface area contributed by atoms with Gasteiger partial charge in [0.2, 0.25) is 6.79 Å². The first kappa shape index (κ1) is 22.9. The van der Waals surface area contributed by atoms with Gasteiger partial charge in [-0.15, -0.1) is 0 Å². The SMILES string of the molecule is COCCCN1C(=O)C(=O)/C(=C(\O)c2ccc3c(c2)OCO3)C1c1ccc(C(C)(C)C)cc1. The van der Waals surface area contributed by atoms with Gasteiger partial charge in [0.15, 0.2) is 11.5 Å². The number of rotatable bonds is 6. The number of amides is 1. The second-order valence-corrected chi connectivity index (χ2v) is 9.28. The van der Waals surface area contributed by atoms with Crippen molar-refractivity contribution in [3.63, 3.8) is 0 Å². The highest BCUT2D eigenvalue weighted by atomic mass is 16.7. The number of hydrogen-bond acceptors (Lipinski definition) is 6. The van der Waals surface area contributed by atoms with Crippen molar-refractivity contribution in [2.45, 2.75) is 38.6 Å². The number of benzene rings is 2. The zero-order chi connectivity index (χ0) is 23.8. The van der Waals surface area contributed by atoms with E-state index in [1.54, 1.807) is 25.3 Å². The Hall–Kier alpha value is -3.32. The summed E-state index contributed by atoms with van der Waals surface area (Å²) < 4.78 is 15.9. The molecule has 2 heterocycles. The van der Waals surface area contributed by atoms with Crippen molar-refractivity contribution in [1.29, 1.82) is 0 Å². The average molecular weight is 452 g/mol. The fraction of sp³-hybridized carbons (Fsp3) is 0.385. The van der Waals surface area contributed by atoms with Crippen LogP contribution in [0.5, 0.6) is 11.5 Å². The number of hydrogen-bond donors (Lipinski definition) is 1. The molecule has 1 N–H and O–H groups in total. The van der Waals surface area contributed by atoms with Gasteiger partial charge in [-0.3, -0.25) is 9.59 Å². The number of likely N-dealkylation sites (tertiary alicyclic amines) is 1. The first-order valence-corrected chi connectivity index (χ1v) is 11.0. The van der Waals surface area contributed by atoms with Crippen LogP contribution in [0.25, 0.3) is 5.76 Å². The summed E-state index contributed by atoms with van der Waals surface area (Å²) in [4.78, 5) is 27.6. The van der Waals surface area contributed by atoms with Crippen molar-refractivity contribution >= 4 is 17.4 Å². The van der Waals surface area contributed by atoms with Crippen LogP contribution >= 0.6 is 0 Å². The van der Waals surface area contributed by atoms with Crippen molar-refractivity contribution in [2.75, 3.05) is 27.1 Å². The molecule has 4 rings (SSSR count). The van der Waals surface area contributed by atoms with Crippen LogP contribution in [0.15, 0.2) is 48.0 Å². The highest BCUT2D eigenvalue weighted by Crippen LogP contribution is 2.41. The van der Waals surface area contributed by atoms with Crippen LogP contribution in [0.2, 0.25) is 0 Å². The molecule has 0 aliphatic carbocycles. The Kier molecular flexibility index (Phi) is 6.17. The van der Waals surface area contributed by atoms with E-state index in [1.165, 1.54) is 4.90 Å². The molecule has 7 heteroatoms. The molecule has 1 atom stereocenters. The molecule has 2 aliphatic rings. The maximum Gasteiger partial charge on any atom is 0.295 e. The third-order valence-electron chi connectivity index (χ3n) is 6.03. The highest BCUT2D eigenvalue weighted by Gasteiger charge is 2.46. The number of ether oxygens (including phenoxy) is 3. The van der Waals surface area contributed by atoms with E-state index in [2.05, 4.69) is 20.8 Å². The molecule has 2 aromatic rings. The van der Waals surface area contributed by atoms with Crippen molar-refractivity contribution in [1.82, 2.24) is 4.90 Å². The first-order valence-electron chi connectivity index (χ1n) is 11.0. The third-order valence-corrected chi connectivity index (χ3v) is 6.03. The van der Waals surface area contributed by atoms with Crippen LogP contribution in [-0.2, 0) is 19.7 Å². The topological polar surface area (TPSA) is 85.3 Å². The highest BCUT2D eigenvalue weighted by molar-refractivity contribution is 6.46. The Balaban J connectivity index is 1.80. The second-order valence-electron chi connectivity index (χ2n) is 9.28. The number of nitrogens with zero attached hydrogens (tertiary/aromatic N) is 1. The number of methoxy groups -OCH3 is 1. The summed E-state index contributed by atoms with van der Waals surface area (Å²) in [5.41, 5.74) is 2.33. The smallest absolute Gasteiger partial charge is 0.295 e. The zero-order valence-electron chi connectivity index (χ0n) is 19.4. The van der Waals surface area contributed by atoms with Crippen LogP contribution in [-0.4, -0.2) is 48.8 Å². The molecule has 0 saturated carbocycles. The van der Waals surface area contributed by atoms with Gasteiger partial charge < -0.3 is 24.2 Å². The number of Topliss-reactive ketones (excluding diaryl/α,β-unsaturated/α-hetero) is 1. The predicted molar refractivity (Wildman–Crippen MR) is 123 cm³/mol. The summed E-state index contributed by atoms with van der Waals surface area (Å²) >= 11 is 0. The van der Waals surface area contributed by atoms with Gasteiger partial charge in [-0.2, -0.15) is 0 Å². The van der Waals surface area contributed by atoms with Crippen molar-refractivity contribution in [3.8, 4) is 11.5 Å². The van der Waals surface area contributed by atoms with E-state index >= 15 is 0 Å². The zero-order valence-corrected chi connectivity index (χ0v) is 19.4. The van der Waals surface area contributed by atoms with E-state index in [4.69, 9.17) is 14.2 Å². The molecule has 7 nitrogen and oxygen atoms in total. The lowest BCUT2D eigenvalue weighted by atomic mass is 9.85. The number of carbonyl (C=O) groups is 2. The van der Waals surface area contributed by atoms with Crippen molar-refractivity contribution < 1.29 is 28.9 Å². The summed E-state index contributed by atoms with van der Waals surface area (Å²) in [6, 6.07) is 12.1. The van der Waals surface area contributed by atoms with Gasteiger partial charge >= 0.3 is 0 Å². The molecule has 1 amide bonds. The minimum atomic E-state index is -0.701. The number of ketones is 1. The normalized spacial score (nSPS) is 19.4. The molecular formula is C26H29NO6. The Morgan fingerprint density at radius 3 is 2.45 bits per heavy atom. The average Bonchev–Trinajstić information content (AvgIpc) is 3.36. The summed E-state index contributed by atoms with van der Waals surface area (Å²) in [7, 11) is 1.59. The number of aliphatic hydroxyl groups excluding tert-OH is 1.